The number of Topliss-reactive ketones (excluding diaryl/α,β-unsaturated/α-hetero) is 1. The molecular formula is C19H23F3O2. The minimum absolute atomic E-state index is 0.110. The average molecular weight is 343 g/mol. The van der Waals surface area contributed by atoms with Crippen LogP contribution < -0.4 is 4.74 Å². The Labute approximate surface area is 144 Å². The monoisotopic (exact) mass is 343 g/mol. The lowest BCUT2D eigenvalue weighted by Crippen LogP contribution is -2.25. The molecule has 2 aliphatic carbocycles. The van der Waals surface area contributed by atoms with Crippen LogP contribution in [0.3, 0.4) is 0 Å². The third-order valence-electron chi connectivity index (χ3n) is 5.13. The van der Waals surface area contributed by atoms with Gasteiger partial charge >= 0.3 is 6.36 Å². The second-order valence-electron chi connectivity index (χ2n) is 6.67. The van der Waals surface area contributed by atoms with Crippen LogP contribution in [-0.4, -0.2) is 12.1 Å². The molecular weight excluding hydrogens is 317 g/mol. The van der Waals surface area contributed by atoms with E-state index in [0.29, 0.717) is 6.42 Å². The van der Waals surface area contributed by atoms with Gasteiger partial charge in [-0.25, -0.2) is 0 Å². The van der Waals surface area contributed by atoms with Crippen LogP contribution in [0.1, 0.15) is 66.9 Å². The Morgan fingerprint density at radius 3 is 2.29 bits per heavy atom. The maximum atomic E-state index is 12.2. The highest BCUT2D eigenvalue weighted by molar-refractivity contribution is 5.79. The van der Waals surface area contributed by atoms with Crippen LogP contribution in [0.25, 0.3) is 0 Å². The third kappa shape index (κ3) is 4.52. The molecule has 2 saturated carbocycles. The topological polar surface area (TPSA) is 26.3 Å². The van der Waals surface area contributed by atoms with Gasteiger partial charge in [-0.1, -0.05) is 12.1 Å². The number of halogens is 3. The summed E-state index contributed by atoms with van der Waals surface area (Å²) in [6.45, 7) is 0. The van der Waals surface area contributed by atoms with Gasteiger partial charge in [0, 0.05) is 16.9 Å². The standard InChI is InChI=1S/C19H23F3O2/c20-19(21,22)24-18-11-7-16(8-12-18)14-3-1-13(2-4-14)15-5-9-17(23)10-6-15/h7-8,11-15H,1-6,9-10H2/i5D,9D2. The number of carbonyl (C=O) groups excluding carboxylic acids is 1. The minimum Gasteiger partial charge on any atom is -0.406 e. The summed E-state index contributed by atoms with van der Waals surface area (Å²) >= 11 is 0. The largest absolute Gasteiger partial charge is 0.573 e. The molecule has 2 unspecified atom stereocenters. The second-order valence-corrected chi connectivity index (χ2v) is 6.67. The number of alkyl halides is 3. The van der Waals surface area contributed by atoms with Gasteiger partial charge in [-0.15, -0.1) is 13.2 Å². The molecule has 2 fully saturated rings. The number of hydrogen-bond acceptors (Lipinski definition) is 2. The summed E-state index contributed by atoms with van der Waals surface area (Å²) < 4.78 is 64.6. The molecule has 0 amide bonds. The molecule has 1 aromatic rings. The van der Waals surface area contributed by atoms with E-state index in [9.17, 15) is 18.0 Å². The zero-order valence-corrected chi connectivity index (χ0v) is 13.3. The zero-order valence-electron chi connectivity index (χ0n) is 16.3. The summed E-state index contributed by atoms with van der Waals surface area (Å²) in [5.74, 6) is -0.340. The van der Waals surface area contributed by atoms with Crippen LogP contribution in [0.2, 0.25) is 0 Å². The van der Waals surface area contributed by atoms with E-state index < -0.39 is 24.9 Å². The van der Waals surface area contributed by atoms with Gasteiger partial charge < -0.3 is 4.74 Å². The van der Waals surface area contributed by atoms with Crippen molar-refractivity contribution >= 4 is 5.78 Å². The fourth-order valence-corrected chi connectivity index (χ4v) is 3.85. The molecule has 3 rings (SSSR count). The molecule has 1 aromatic carbocycles. The second kappa shape index (κ2) is 7.16. The molecule has 24 heavy (non-hydrogen) atoms. The normalized spacial score (nSPS) is 35.6. The van der Waals surface area contributed by atoms with Crippen molar-refractivity contribution in [1.82, 2.24) is 0 Å². The van der Waals surface area contributed by atoms with Crippen LogP contribution >= 0.6 is 0 Å². The first-order chi connectivity index (χ1) is 12.6. The van der Waals surface area contributed by atoms with E-state index in [-0.39, 0.29) is 29.9 Å². The highest BCUT2D eigenvalue weighted by Crippen LogP contribution is 2.42. The van der Waals surface area contributed by atoms with Crippen molar-refractivity contribution < 1.29 is 26.8 Å². The van der Waals surface area contributed by atoms with E-state index >= 15 is 0 Å². The first-order valence-corrected chi connectivity index (χ1v) is 8.39. The van der Waals surface area contributed by atoms with Crippen molar-refractivity contribution in [2.45, 2.75) is 63.6 Å². The fourth-order valence-electron chi connectivity index (χ4n) is 3.85. The van der Waals surface area contributed by atoms with Crippen LogP contribution in [0.15, 0.2) is 24.3 Å². The predicted octanol–water partition coefficient (Wildman–Crippen LogP) is 5.62. The van der Waals surface area contributed by atoms with E-state index in [4.69, 9.17) is 4.11 Å². The van der Waals surface area contributed by atoms with Gasteiger partial charge in [-0.3, -0.25) is 4.79 Å². The van der Waals surface area contributed by atoms with Gasteiger partial charge in [0.2, 0.25) is 0 Å². The molecule has 0 radical (unpaired) electrons. The molecule has 2 aliphatic rings. The molecule has 0 aliphatic heterocycles. The molecule has 0 spiro atoms. The van der Waals surface area contributed by atoms with Crippen molar-refractivity contribution in [1.29, 1.82) is 0 Å². The summed E-state index contributed by atoms with van der Waals surface area (Å²) in [5, 5.41) is 0. The average Bonchev–Trinajstić information content (AvgIpc) is 2.60. The number of rotatable bonds is 3. The highest BCUT2D eigenvalue weighted by atomic mass is 19.4. The fraction of sp³-hybridized carbons (Fsp3) is 0.632. The SMILES string of the molecule is [2H]C1C(C2CCC(c3ccc(OC(F)(F)F)cc3)CC2)CCC(=O)C1([2H])[2H]. The predicted molar refractivity (Wildman–Crippen MR) is 84.8 cm³/mol. The molecule has 0 saturated heterocycles. The van der Waals surface area contributed by atoms with Crippen LogP contribution in [0, 0.1) is 11.8 Å². The lowest BCUT2D eigenvalue weighted by atomic mass is 9.70. The Balaban J connectivity index is 1.58. The maximum Gasteiger partial charge on any atom is 0.573 e. The lowest BCUT2D eigenvalue weighted by Gasteiger charge is -2.35. The summed E-state index contributed by atoms with van der Waals surface area (Å²) in [7, 11) is 0. The first kappa shape index (κ1) is 13.7. The molecule has 2 nitrogen and oxygen atoms in total. The zero-order chi connectivity index (χ0) is 19.8. The molecule has 5 heteroatoms. The Bertz CT molecular complexity index is 668. The molecule has 0 bridgehead atoms. The molecule has 0 aromatic heterocycles. The van der Waals surface area contributed by atoms with Crippen molar-refractivity contribution in [3.63, 3.8) is 0 Å². The summed E-state index contributed by atoms with van der Waals surface area (Å²) in [6, 6.07) is 5.99. The maximum absolute atomic E-state index is 12.2. The number of carbonyl (C=O) groups is 1. The number of ketones is 1. The van der Waals surface area contributed by atoms with E-state index in [2.05, 4.69) is 4.74 Å². The third-order valence-corrected chi connectivity index (χ3v) is 5.13. The van der Waals surface area contributed by atoms with Gasteiger partial charge in [-0.2, -0.15) is 0 Å². The van der Waals surface area contributed by atoms with E-state index in [1.807, 2.05) is 0 Å². The van der Waals surface area contributed by atoms with Gasteiger partial charge in [0.05, 0.1) is 0 Å². The van der Waals surface area contributed by atoms with Crippen molar-refractivity contribution in [3.8, 4) is 5.75 Å². The van der Waals surface area contributed by atoms with Gasteiger partial charge in [0.25, 0.3) is 0 Å². The number of hydrogen-bond donors (Lipinski definition) is 0. The Kier molecular flexibility index (Phi) is 4.10. The van der Waals surface area contributed by atoms with Gasteiger partial charge in [-0.05, 0) is 74.0 Å². The van der Waals surface area contributed by atoms with E-state index in [1.54, 1.807) is 12.1 Å². The number of benzene rings is 1. The molecule has 0 N–H and O–H groups in total. The summed E-state index contributed by atoms with van der Waals surface area (Å²) in [5.41, 5.74) is 0.972. The summed E-state index contributed by atoms with van der Waals surface area (Å²) in [6.07, 6.45) is -3.61. The van der Waals surface area contributed by atoms with Crippen molar-refractivity contribution in [2.75, 3.05) is 0 Å². The van der Waals surface area contributed by atoms with E-state index in [1.165, 1.54) is 12.1 Å². The molecule has 2 atom stereocenters. The van der Waals surface area contributed by atoms with Gasteiger partial charge in [0.1, 0.15) is 11.5 Å². The Morgan fingerprint density at radius 1 is 1.00 bits per heavy atom. The lowest BCUT2D eigenvalue weighted by molar-refractivity contribution is -0.274. The highest BCUT2D eigenvalue weighted by Gasteiger charge is 2.32. The minimum atomic E-state index is -4.70. The first-order valence-electron chi connectivity index (χ1n) is 9.97. The van der Waals surface area contributed by atoms with Crippen LogP contribution in [0.4, 0.5) is 13.2 Å². The van der Waals surface area contributed by atoms with Crippen LogP contribution in [-0.2, 0) is 4.79 Å². The van der Waals surface area contributed by atoms with Crippen LogP contribution in [0.5, 0.6) is 5.75 Å². The Hall–Kier alpha value is -1.52. The molecule has 132 valence electrons. The van der Waals surface area contributed by atoms with Gasteiger partial charge in [0.15, 0.2) is 0 Å². The van der Waals surface area contributed by atoms with E-state index in [0.717, 1.165) is 31.2 Å². The molecule has 0 heterocycles. The smallest absolute Gasteiger partial charge is 0.406 e. The summed E-state index contributed by atoms with van der Waals surface area (Å²) in [4.78, 5) is 11.7. The Morgan fingerprint density at radius 2 is 1.67 bits per heavy atom. The van der Waals surface area contributed by atoms with Crippen molar-refractivity contribution in [3.05, 3.63) is 29.8 Å². The number of ether oxygens (including phenoxy) is 1. The van der Waals surface area contributed by atoms with Crippen molar-refractivity contribution in [2.24, 2.45) is 11.8 Å². The quantitative estimate of drug-likeness (QED) is 0.712.